The van der Waals surface area contributed by atoms with Gasteiger partial charge < -0.3 is 4.98 Å². The van der Waals surface area contributed by atoms with Crippen LogP contribution in [0.2, 0.25) is 0 Å². The number of aromatic amines is 1. The summed E-state index contributed by atoms with van der Waals surface area (Å²) in [7, 11) is 0. The van der Waals surface area contributed by atoms with E-state index in [2.05, 4.69) is 4.98 Å². The second-order valence-electron chi connectivity index (χ2n) is 4.07. The number of rotatable bonds is 2. The molecule has 1 N–H and O–H groups in total. The van der Waals surface area contributed by atoms with Crippen molar-refractivity contribution in [3.8, 4) is 0 Å². The first-order valence-corrected chi connectivity index (χ1v) is 5.56. The molecule has 0 saturated heterocycles. The maximum atomic E-state index is 10.3. The lowest BCUT2D eigenvalue weighted by Gasteiger charge is -1.97. The molecule has 0 fully saturated rings. The monoisotopic (exact) mass is 238 g/mol. The molecule has 0 bridgehead atoms. The van der Waals surface area contributed by atoms with Crippen LogP contribution in [0.3, 0.4) is 0 Å². The van der Waals surface area contributed by atoms with E-state index in [1.807, 2.05) is 42.5 Å². The van der Waals surface area contributed by atoms with Crippen LogP contribution in [0.15, 0.2) is 48.7 Å². The van der Waals surface area contributed by atoms with Gasteiger partial charge in [-0.25, -0.2) is 0 Å². The molecule has 0 unspecified atom stereocenters. The van der Waals surface area contributed by atoms with Gasteiger partial charge in [-0.05, 0) is 22.9 Å². The maximum Gasteiger partial charge on any atom is 0.236 e. The quantitative estimate of drug-likeness (QED) is 0.548. The number of benzene rings is 2. The highest BCUT2D eigenvalue weighted by Gasteiger charge is 2.03. The van der Waals surface area contributed by atoms with Crippen molar-refractivity contribution in [1.29, 1.82) is 0 Å². The van der Waals surface area contributed by atoms with E-state index in [-0.39, 0.29) is 0 Å². The van der Waals surface area contributed by atoms with Gasteiger partial charge in [0.15, 0.2) is 0 Å². The summed E-state index contributed by atoms with van der Waals surface area (Å²) in [6, 6.07) is 14.0. The number of H-pyrrole nitrogens is 1. The van der Waals surface area contributed by atoms with Gasteiger partial charge in [-0.2, -0.15) is 0 Å². The minimum atomic E-state index is -0.469. The van der Waals surface area contributed by atoms with Crippen LogP contribution in [-0.4, -0.2) is 9.91 Å². The van der Waals surface area contributed by atoms with Crippen LogP contribution < -0.4 is 0 Å². The molecule has 0 aliphatic rings. The molecule has 88 valence electrons. The Morgan fingerprint density at radius 2 is 1.94 bits per heavy atom. The van der Waals surface area contributed by atoms with E-state index in [1.165, 1.54) is 6.08 Å². The predicted octanol–water partition coefficient (Wildman–Crippen LogP) is 3.57. The Balaban J connectivity index is 2.22. The van der Waals surface area contributed by atoms with E-state index in [9.17, 15) is 10.1 Å². The van der Waals surface area contributed by atoms with Gasteiger partial charge in [-0.1, -0.05) is 30.3 Å². The van der Waals surface area contributed by atoms with Crippen LogP contribution in [0.1, 0.15) is 5.69 Å². The number of aromatic nitrogens is 1. The lowest BCUT2D eigenvalue weighted by Crippen LogP contribution is -1.81. The normalized spacial score (nSPS) is 11.6. The van der Waals surface area contributed by atoms with Gasteiger partial charge in [-0.3, -0.25) is 10.1 Å². The van der Waals surface area contributed by atoms with Crippen molar-refractivity contribution in [2.75, 3.05) is 0 Å². The zero-order chi connectivity index (χ0) is 12.5. The summed E-state index contributed by atoms with van der Waals surface area (Å²) in [5.41, 5.74) is 1.72. The molecule has 0 aliphatic carbocycles. The summed E-state index contributed by atoms with van der Waals surface area (Å²) >= 11 is 0. The van der Waals surface area contributed by atoms with Crippen molar-refractivity contribution in [2.45, 2.75) is 0 Å². The fraction of sp³-hybridized carbons (Fsp3) is 0. The molecule has 0 amide bonds. The van der Waals surface area contributed by atoms with Crippen LogP contribution in [0, 0.1) is 10.1 Å². The molecule has 1 heterocycles. The summed E-state index contributed by atoms with van der Waals surface area (Å²) in [6.45, 7) is 0. The van der Waals surface area contributed by atoms with Gasteiger partial charge in [-0.15, -0.1) is 0 Å². The summed E-state index contributed by atoms with van der Waals surface area (Å²) < 4.78 is 0. The van der Waals surface area contributed by atoms with Gasteiger partial charge in [0, 0.05) is 22.7 Å². The second kappa shape index (κ2) is 4.00. The lowest BCUT2D eigenvalue weighted by molar-refractivity contribution is -0.400. The van der Waals surface area contributed by atoms with Gasteiger partial charge in [0.05, 0.1) is 4.92 Å². The fourth-order valence-electron chi connectivity index (χ4n) is 2.14. The Morgan fingerprint density at radius 1 is 1.11 bits per heavy atom. The van der Waals surface area contributed by atoms with Gasteiger partial charge in [0.2, 0.25) is 6.20 Å². The Hall–Kier alpha value is -2.62. The Labute approximate surface area is 103 Å². The van der Waals surface area contributed by atoms with Gasteiger partial charge in [0.25, 0.3) is 0 Å². The van der Waals surface area contributed by atoms with E-state index in [1.54, 1.807) is 0 Å². The minimum Gasteiger partial charge on any atom is -0.355 e. The smallest absolute Gasteiger partial charge is 0.236 e. The second-order valence-corrected chi connectivity index (χ2v) is 4.07. The zero-order valence-corrected chi connectivity index (χ0v) is 9.46. The summed E-state index contributed by atoms with van der Waals surface area (Å²) in [5.74, 6) is 0. The van der Waals surface area contributed by atoms with Crippen LogP contribution in [0.5, 0.6) is 0 Å². The Morgan fingerprint density at radius 3 is 2.78 bits per heavy atom. The zero-order valence-electron chi connectivity index (χ0n) is 9.46. The molecule has 1 aromatic heterocycles. The fourth-order valence-corrected chi connectivity index (χ4v) is 2.14. The molecular formula is C14H10N2O2. The van der Waals surface area contributed by atoms with E-state index in [4.69, 9.17) is 0 Å². The van der Waals surface area contributed by atoms with Crippen LogP contribution in [0.25, 0.3) is 27.8 Å². The first kappa shape index (κ1) is 10.5. The molecule has 3 rings (SSSR count). The summed E-state index contributed by atoms with van der Waals surface area (Å²) in [6.07, 6.45) is 2.40. The molecule has 0 saturated carbocycles. The molecular weight excluding hydrogens is 228 g/mol. The van der Waals surface area contributed by atoms with Crippen molar-refractivity contribution in [3.05, 3.63) is 64.5 Å². The molecule has 0 atom stereocenters. The average Bonchev–Trinajstić information content (AvgIpc) is 2.79. The number of fused-ring (bicyclic) bond motifs is 3. The highest BCUT2D eigenvalue weighted by Crippen LogP contribution is 2.26. The van der Waals surface area contributed by atoms with Crippen molar-refractivity contribution >= 4 is 27.8 Å². The number of hydrogen-bond donors (Lipinski definition) is 1. The predicted molar refractivity (Wildman–Crippen MR) is 71.8 cm³/mol. The third-order valence-electron chi connectivity index (χ3n) is 2.93. The average molecular weight is 238 g/mol. The largest absolute Gasteiger partial charge is 0.355 e. The highest BCUT2D eigenvalue weighted by atomic mass is 16.6. The molecule has 0 spiro atoms. The molecule has 18 heavy (non-hydrogen) atoms. The molecule has 0 aliphatic heterocycles. The van der Waals surface area contributed by atoms with Gasteiger partial charge >= 0.3 is 0 Å². The summed E-state index contributed by atoms with van der Waals surface area (Å²) in [4.78, 5) is 13.0. The molecule has 4 nitrogen and oxygen atoms in total. The molecule has 2 aromatic carbocycles. The van der Waals surface area contributed by atoms with Crippen LogP contribution >= 0.6 is 0 Å². The Bertz CT molecular complexity index is 772. The van der Waals surface area contributed by atoms with Gasteiger partial charge in [0.1, 0.15) is 0 Å². The number of nitrogens with one attached hydrogen (secondary N) is 1. The Kier molecular flexibility index (Phi) is 2.34. The van der Waals surface area contributed by atoms with E-state index >= 15 is 0 Å². The number of nitrogens with zero attached hydrogens (tertiary/aromatic N) is 1. The van der Waals surface area contributed by atoms with E-state index < -0.39 is 4.92 Å². The molecule has 3 aromatic rings. The van der Waals surface area contributed by atoms with E-state index in [0.717, 1.165) is 33.6 Å². The molecule has 0 radical (unpaired) electrons. The molecule has 4 heteroatoms. The van der Waals surface area contributed by atoms with Crippen molar-refractivity contribution in [1.82, 2.24) is 4.98 Å². The number of hydrogen-bond acceptors (Lipinski definition) is 2. The SMILES string of the molecule is O=[N+]([O-])/C=C\c1cc2c(ccc3ccccc32)[nH]1. The van der Waals surface area contributed by atoms with E-state index in [0.29, 0.717) is 0 Å². The van der Waals surface area contributed by atoms with Crippen LogP contribution in [0.4, 0.5) is 0 Å². The highest BCUT2D eigenvalue weighted by molar-refractivity contribution is 6.07. The minimum absolute atomic E-state index is 0.469. The lowest BCUT2D eigenvalue weighted by atomic mass is 10.1. The van der Waals surface area contributed by atoms with Crippen molar-refractivity contribution in [3.63, 3.8) is 0 Å². The van der Waals surface area contributed by atoms with Crippen molar-refractivity contribution < 1.29 is 4.92 Å². The summed E-state index contributed by atoms with van der Waals surface area (Å²) in [5, 5.41) is 13.7. The third kappa shape index (κ3) is 1.73. The first-order valence-electron chi connectivity index (χ1n) is 5.56. The standard InChI is InChI=1S/C14H10N2O2/c17-16(18)8-7-11-9-13-12-4-2-1-3-10(12)5-6-14(13)15-11/h1-9,15H/b8-7-. The van der Waals surface area contributed by atoms with Crippen LogP contribution in [-0.2, 0) is 0 Å². The topological polar surface area (TPSA) is 58.9 Å². The maximum absolute atomic E-state index is 10.3. The van der Waals surface area contributed by atoms with Crippen molar-refractivity contribution in [2.24, 2.45) is 0 Å². The third-order valence-corrected chi connectivity index (χ3v) is 2.93. The number of nitro groups is 1. The first-order chi connectivity index (χ1) is 8.74.